The molecule has 1 saturated heterocycles. The first-order valence-corrected chi connectivity index (χ1v) is 10.1. The number of likely N-dealkylation sites (tertiary alicyclic amines) is 1. The zero-order valence-electron chi connectivity index (χ0n) is 15.3. The number of nitrogens with zero attached hydrogens (tertiary/aromatic N) is 4. The molecule has 1 fully saturated rings. The molecule has 4 rings (SSSR count). The van der Waals surface area contributed by atoms with Crippen molar-refractivity contribution in [1.82, 2.24) is 19.7 Å². The van der Waals surface area contributed by atoms with Crippen LogP contribution in [-0.2, 0) is 11.3 Å². The summed E-state index contributed by atoms with van der Waals surface area (Å²) >= 11 is 1.44. The SMILES string of the molecule is O=C(Nc1ccccn1)c1ccc(C2CCCN2C(=O)CCn2cccn2)s1. The van der Waals surface area contributed by atoms with Gasteiger partial charge in [-0.1, -0.05) is 6.07 Å². The van der Waals surface area contributed by atoms with Gasteiger partial charge in [0.2, 0.25) is 5.91 Å². The summed E-state index contributed by atoms with van der Waals surface area (Å²) in [7, 11) is 0. The zero-order chi connectivity index (χ0) is 19.3. The van der Waals surface area contributed by atoms with Gasteiger partial charge in [-0.3, -0.25) is 14.3 Å². The average molecular weight is 395 g/mol. The molecule has 1 aliphatic heterocycles. The summed E-state index contributed by atoms with van der Waals surface area (Å²) in [6.45, 7) is 1.34. The molecule has 0 spiro atoms. The van der Waals surface area contributed by atoms with Crippen LogP contribution in [0.5, 0.6) is 0 Å². The highest BCUT2D eigenvalue weighted by Gasteiger charge is 2.31. The van der Waals surface area contributed by atoms with Crippen LogP contribution in [0.3, 0.4) is 0 Å². The van der Waals surface area contributed by atoms with Gasteiger partial charge < -0.3 is 10.2 Å². The molecule has 8 heteroatoms. The van der Waals surface area contributed by atoms with Crippen LogP contribution < -0.4 is 5.32 Å². The molecule has 0 radical (unpaired) electrons. The van der Waals surface area contributed by atoms with Crippen LogP contribution in [0.1, 0.15) is 39.9 Å². The smallest absolute Gasteiger partial charge is 0.266 e. The predicted octanol–water partition coefficient (Wildman–Crippen LogP) is 3.35. The van der Waals surface area contributed by atoms with Crippen LogP contribution in [0.4, 0.5) is 5.82 Å². The molecule has 0 saturated carbocycles. The lowest BCUT2D eigenvalue weighted by Crippen LogP contribution is -2.30. The average Bonchev–Trinajstić information content (AvgIpc) is 3.48. The fraction of sp³-hybridized carbons (Fsp3) is 0.300. The Bertz CT molecular complexity index is 939. The summed E-state index contributed by atoms with van der Waals surface area (Å²) in [4.78, 5) is 32.9. The minimum absolute atomic E-state index is 0.0477. The number of thiophene rings is 1. The third kappa shape index (κ3) is 4.12. The van der Waals surface area contributed by atoms with Crippen molar-refractivity contribution in [3.63, 3.8) is 0 Å². The number of hydrogen-bond acceptors (Lipinski definition) is 5. The first-order valence-electron chi connectivity index (χ1n) is 9.30. The van der Waals surface area contributed by atoms with E-state index in [9.17, 15) is 9.59 Å². The Morgan fingerprint density at radius 1 is 1.18 bits per heavy atom. The standard InChI is InChI=1S/C20H21N5O2S/c26-19(9-14-24-12-4-11-22-24)25-13-3-5-15(25)16-7-8-17(28-16)20(27)23-18-6-1-2-10-21-18/h1-2,4,6-8,10-12,15H,3,5,9,13-14H2,(H,21,23,27). The number of hydrogen-bond donors (Lipinski definition) is 1. The van der Waals surface area contributed by atoms with E-state index in [-0.39, 0.29) is 17.9 Å². The van der Waals surface area contributed by atoms with Crippen molar-refractivity contribution in [1.29, 1.82) is 0 Å². The summed E-state index contributed by atoms with van der Waals surface area (Å²) in [5.41, 5.74) is 0. The predicted molar refractivity (Wildman–Crippen MR) is 107 cm³/mol. The maximum atomic E-state index is 12.7. The van der Waals surface area contributed by atoms with Gasteiger partial charge in [0, 0.05) is 43.0 Å². The molecule has 144 valence electrons. The van der Waals surface area contributed by atoms with Crippen LogP contribution in [0.25, 0.3) is 0 Å². The lowest BCUT2D eigenvalue weighted by Gasteiger charge is -2.24. The number of aryl methyl sites for hydroxylation is 1. The van der Waals surface area contributed by atoms with Crippen LogP contribution in [0.2, 0.25) is 0 Å². The third-order valence-corrected chi connectivity index (χ3v) is 5.96. The molecule has 3 aromatic rings. The second kappa shape index (κ2) is 8.35. The molecule has 0 aromatic carbocycles. The first kappa shape index (κ1) is 18.4. The first-order chi connectivity index (χ1) is 13.7. The zero-order valence-corrected chi connectivity index (χ0v) is 16.1. The van der Waals surface area contributed by atoms with Gasteiger partial charge >= 0.3 is 0 Å². The molecule has 0 bridgehead atoms. The Kier molecular flexibility index (Phi) is 5.48. The number of carbonyl (C=O) groups excluding carboxylic acids is 2. The van der Waals surface area contributed by atoms with E-state index < -0.39 is 0 Å². The van der Waals surface area contributed by atoms with Crippen molar-refractivity contribution in [3.8, 4) is 0 Å². The molecule has 1 unspecified atom stereocenters. The van der Waals surface area contributed by atoms with Crippen molar-refractivity contribution in [3.05, 3.63) is 64.7 Å². The van der Waals surface area contributed by atoms with E-state index in [1.54, 1.807) is 29.2 Å². The summed E-state index contributed by atoms with van der Waals surface area (Å²) in [5, 5.41) is 6.95. The van der Waals surface area contributed by atoms with E-state index in [0.29, 0.717) is 23.7 Å². The molecule has 1 N–H and O–H groups in total. The Morgan fingerprint density at radius 3 is 2.89 bits per heavy atom. The maximum Gasteiger partial charge on any atom is 0.266 e. The summed E-state index contributed by atoms with van der Waals surface area (Å²) in [6, 6.07) is 11.1. The normalized spacial score (nSPS) is 16.3. The Balaban J connectivity index is 1.40. The number of anilines is 1. The molecule has 28 heavy (non-hydrogen) atoms. The topological polar surface area (TPSA) is 80.1 Å². The largest absolute Gasteiger partial charge is 0.335 e. The summed E-state index contributed by atoms with van der Waals surface area (Å²) in [5.74, 6) is 0.481. The van der Waals surface area contributed by atoms with Crippen molar-refractivity contribution >= 4 is 29.0 Å². The van der Waals surface area contributed by atoms with E-state index in [4.69, 9.17) is 0 Å². The molecular formula is C20H21N5O2S. The van der Waals surface area contributed by atoms with Gasteiger partial charge in [-0.05, 0) is 43.2 Å². The summed E-state index contributed by atoms with van der Waals surface area (Å²) < 4.78 is 1.77. The monoisotopic (exact) mass is 395 g/mol. The second-order valence-corrected chi connectivity index (χ2v) is 7.75. The van der Waals surface area contributed by atoms with Gasteiger partial charge in [0.1, 0.15) is 5.82 Å². The van der Waals surface area contributed by atoms with Crippen LogP contribution in [0.15, 0.2) is 55.0 Å². The highest BCUT2D eigenvalue weighted by Crippen LogP contribution is 2.36. The number of rotatable bonds is 6. The van der Waals surface area contributed by atoms with Crippen LogP contribution in [-0.4, -0.2) is 38.0 Å². The molecule has 7 nitrogen and oxygen atoms in total. The molecule has 1 atom stereocenters. The number of carbonyl (C=O) groups is 2. The van der Waals surface area contributed by atoms with Crippen molar-refractivity contribution in [2.24, 2.45) is 0 Å². The third-order valence-electron chi connectivity index (χ3n) is 4.77. The van der Waals surface area contributed by atoms with Crippen molar-refractivity contribution in [2.45, 2.75) is 31.8 Å². The highest BCUT2D eigenvalue weighted by atomic mass is 32.1. The fourth-order valence-electron chi connectivity index (χ4n) is 3.42. The number of pyridine rings is 1. The van der Waals surface area contributed by atoms with Crippen molar-refractivity contribution in [2.75, 3.05) is 11.9 Å². The van der Waals surface area contributed by atoms with Gasteiger partial charge in [0.05, 0.1) is 10.9 Å². The number of nitrogens with one attached hydrogen (secondary N) is 1. The molecule has 4 heterocycles. The fourth-order valence-corrected chi connectivity index (χ4v) is 4.47. The Morgan fingerprint density at radius 2 is 2.11 bits per heavy atom. The lowest BCUT2D eigenvalue weighted by atomic mass is 10.2. The highest BCUT2D eigenvalue weighted by molar-refractivity contribution is 7.14. The second-order valence-electron chi connectivity index (χ2n) is 6.64. The van der Waals surface area contributed by atoms with Gasteiger partial charge in [0.25, 0.3) is 5.91 Å². The van der Waals surface area contributed by atoms with E-state index >= 15 is 0 Å². The van der Waals surface area contributed by atoms with Gasteiger partial charge in [-0.25, -0.2) is 4.98 Å². The Labute approximate surface area is 167 Å². The number of aromatic nitrogens is 3. The van der Waals surface area contributed by atoms with Crippen molar-refractivity contribution < 1.29 is 9.59 Å². The van der Waals surface area contributed by atoms with Gasteiger partial charge in [-0.2, -0.15) is 5.10 Å². The van der Waals surface area contributed by atoms with E-state index in [2.05, 4.69) is 15.4 Å². The quantitative estimate of drug-likeness (QED) is 0.694. The van der Waals surface area contributed by atoms with Gasteiger partial charge in [0.15, 0.2) is 0 Å². The van der Waals surface area contributed by atoms with E-state index in [1.807, 2.05) is 35.4 Å². The minimum Gasteiger partial charge on any atom is -0.335 e. The molecule has 1 aliphatic rings. The number of amides is 2. The maximum absolute atomic E-state index is 12.7. The summed E-state index contributed by atoms with van der Waals surface area (Å²) in [6.07, 6.45) is 7.55. The molecule has 2 amide bonds. The molecular weight excluding hydrogens is 374 g/mol. The van der Waals surface area contributed by atoms with Crippen LogP contribution in [0, 0.1) is 0 Å². The molecule has 3 aromatic heterocycles. The van der Waals surface area contributed by atoms with Crippen LogP contribution >= 0.6 is 11.3 Å². The van der Waals surface area contributed by atoms with Gasteiger partial charge in [-0.15, -0.1) is 11.3 Å². The van der Waals surface area contributed by atoms with E-state index in [0.717, 1.165) is 24.3 Å². The Hall–Kier alpha value is -3.00. The molecule has 0 aliphatic carbocycles. The van der Waals surface area contributed by atoms with E-state index in [1.165, 1.54) is 11.3 Å². The lowest BCUT2D eigenvalue weighted by molar-refractivity contribution is -0.132. The minimum atomic E-state index is -0.176.